The highest BCUT2D eigenvalue weighted by Crippen LogP contribution is 2.31. The van der Waals surface area contributed by atoms with Gasteiger partial charge in [0.15, 0.2) is 0 Å². The number of hydrogen-bond acceptors (Lipinski definition) is 10. The standard InChI is InChI=1S/C25H22Br2N8O3/c1-14-4-5-19(10-15(14)2)30-24-31-23(29-18-6-8-20(9-7-18)35(36)37)32-25(33-24)34-28-13-16-11-17(26)12-21(27)22(16)38-3/h4-13H,1-3H3,(H3,29,30,31,32,33,34). The van der Waals surface area contributed by atoms with E-state index >= 15 is 0 Å². The smallest absolute Gasteiger partial charge is 0.269 e. The molecule has 0 saturated heterocycles. The second-order valence-corrected chi connectivity index (χ2v) is 9.81. The number of aromatic nitrogens is 3. The van der Waals surface area contributed by atoms with E-state index in [9.17, 15) is 10.1 Å². The average Bonchev–Trinajstić information content (AvgIpc) is 2.86. The second-order valence-electron chi connectivity index (χ2n) is 8.04. The van der Waals surface area contributed by atoms with Crippen molar-refractivity contribution < 1.29 is 9.66 Å². The number of halogens is 2. The first-order chi connectivity index (χ1) is 18.2. The number of hydrogen-bond donors (Lipinski definition) is 3. The topological polar surface area (TPSA) is 139 Å². The van der Waals surface area contributed by atoms with Crippen molar-refractivity contribution in [1.29, 1.82) is 0 Å². The molecule has 0 atom stereocenters. The van der Waals surface area contributed by atoms with Crippen molar-refractivity contribution in [1.82, 2.24) is 15.0 Å². The van der Waals surface area contributed by atoms with Gasteiger partial charge in [-0.1, -0.05) is 22.0 Å². The summed E-state index contributed by atoms with van der Waals surface area (Å²) >= 11 is 6.94. The van der Waals surface area contributed by atoms with Crippen LogP contribution in [-0.2, 0) is 0 Å². The fourth-order valence-electron chi connectivity index (χ4n) is 3.33. The molecule has 0 spiro atoms. The molecule has 1 aromatic heterocycles. The van der Waals surface area contributed by atoms with Crippen molar-refractivity contribution in [2.24, 2.45) is 5.10 Å². The van der Waals surface area contributed by atoms with Crippen LogP contribution in [0, 0.1) is 24.0 Å². The van der Waals surface area contributed by atoms with Gasteiger partial charge in [0.05, 0.1) is 22.7 Å². The van der Waals surface area contributed by atoms with Crippen LogP contribution >= 0.6 is 31.9 Å². The van der Waals surface area contributed by atoms with Crippen molar-refractivity contribution in [2.45, 2.75) is 13.8 Å². The lowest BCUT2D eigenvalue weighted by Gasteiger charge is -2.11. The van der Waals surface area contributed by atoms with Gasteiger partial charge in [0.1, 0.15) is 5.75 Å². The van der Waals surface area contributed by atoms with Crippen molar-refractivity contribution in [3.63, 3.8) is 0 Å². The van der Waals surface area contributed by atoms with E-state index in [2.05, 4.69) is 68.0 Å². The van der Waals surface area contributed by atoms with Gasteiger partial charge in [-0.05, 0) is 77.3 Å². The van der Waals surface area contributed by atoms with Crippen LogP contribution in [0.3, 0.4) is 0 Å². The number of methoxy groups -OCH3 is 1. The van der Waals surface area contributed by atoms with Crippen molar-refractivity contribution in [2.75, 3.05) is 23.2 Å². The molecule has 13 heteroatoms. The van der Waals surface area contributed by atoms with Crippen molar-refractivity contribution in [3.8, 4) is 5.75 Å². The number of nitro benzene ring substituents is 1. The summed E-state index contributed by atoms with van der Waals surface area (Å²) in [6.07, 6.45) is 1.58. The van der Waals surface area contributed by atoms with Gasteiger partial charge in [0.2, 0.25) is 17.8 Å². The third-order valence-corrected chi connectivity index (χ3v) is 6.39. The molecule has 1 heterocycles. The molecule has 4 rings (SSSR count). The lowest BCUT2D eigenvalue weighted by atomic mass is 10.1. The van der Waals surface area contributed by atoms with E-state index in [1.54, 1.807) is 25.5 Å². The molecule has 0 amide bonds. The van der Waals surface area contributed by atoms with Crippen LogP contribution in [-0.4, -0.2) is 33.2 Å². The van der Waals surface area contributed by atoms with Crippen LogP contribution < -0.4 is 20.8 Å². The minimum Gasteiger partial charge on any atom is -0.495 e. The molecular weight excluding hydrogens is 620 g/mol. The Morgan fingerprint density at radius 1 is 0.895 bits per heavy atom. The Morgan fingerprint density at radius 2 is 1.53 bits per heavy atom. The fourth-order valence-corrected chi connectivity index (χ4v) is 4.75. The first-order valence-electron chi connectivity index (χ1n) is 11.2. The number of hydrazone groups is 1. The molecule has 3 N–H and O–H groups in total. The summed E-state index contributed by atoms with van der Waals surface area (Å²) in [6.45, 7) is 4.05. The Labute approximate surface area is 235 Å². The molecule has 0 fully saturated rings. The van der Waals surface area contributed by atoms with Gasteiger partial charge in [0, 0.05) is 33.5 Å². The number of aryl methyl sites for hydroxylation is 2. The molecule has 194 valence electrons. The number of nitrogens with one attached hydrogen (secondary N) is 3. The third-order valence-electron chi connectivity index (χ3n) is 5.34. The van der Waals surface area contributed by atoms with Crippen LogP contribution in [0.1, 0.15) is 16.7 Å². The summed E-state index contributed by atoms with van der Waals surface area (Å²) in [5, 5.41) is 21.5. The largest absolute Gasteiger partial charge is 0.495 e. The number of nitro groups is 1. The quantitative estimate of drug-likeness (QED) is 0.101. The molecule has 38 heavy (non-hydrogen) atoms. The predicted molar refractivity (Wildman–Crippen MR) is 155 cm³/mol. The molecule has 0 bridgehead atoms. The van der Waals surface area contributed by atoms with Gasteiger partial charge in [-0.2, -0.15) is 20.1 Å². The van der Waals surface area contributed by atoms with E-state index in [4.69, 9.17) is 4.74 Å². The van der Waals surface area contributed by atoms with Crippen molar-refractivity contribution in [3.05, 3.63) is 90.3 Å². The average molecular weight is 642 g/mol. The zero-order chi connectivity index (χ0) is 27.2. The first kappa shape index (κ1) is 26.9. The van der Waals surface area contributed by atoms with E-state index in [0.717, 1.165) is 25.8 Å². The summed E-state index contributed by atoms with van der Waals surface area (Å²) in [4.78, 5) is 23.8. The van der Waals surface area contributed by atoms with Crippen molar-refractivity contribution >= 4 is 73.0 Å². The highest BCUT2D eigenvalue weighted by atomic mass is 79.9. The Morgan fingerprint density at radius 3 is 2.16 bits per heavy atom. The van der Waals surface area contributed by atoms with Gasteiger partial charge in [0.25, 0.3) is 5.69 Å². The third kappa shape index (κ3) is 6.81. The highest BCUT2D eigenvalue weighted by Gasteiger charge is 2.11. The summed E-state index contributed by atoms with van der Waals surface area (Å²) in [7, 11) is 1.58. The maximum Gasteiger partial charge on any atom is 0.269 e. The number of benzene rings is 3. The van der Waals surface area contributed by atoms with Crippen LogP contribution in [0.15, 0.2) is 68.6 Å². The predicted octanol–water partition coefficient (Wildman–Crippen LogP) is 6.86. The molecule has 0 radical (unpaired) electrons. The van der Waals surface area contributed by atoms with Gasteiger partial charge < -0.3 is 15.4 Å². The van der Waals surface area contributed by atoms with Gasteiger partial charge in [-0.3, -0.25) is 10.1 Å². The zero-order valence-electron chi connectivity index (χ0n) is 20.5. The zero-order valence-corrected chi connectivity index (χ0v) is 23.7. The minimum absolute atomic E-state index is 0.0189. The molecule has 0 aliphatic heterocycles. The molecular formula is C25H22Br2N8O3. The van der Waals surface area contributed by atoms with Crippen LogP contribution in [0.5, 0.6) is 5.75 Å². The number of nitrogens with zero attached hydrogens (tertiary/aromatic N) is 5. The number of anilines is 5. The van der Waals surface area contributed by atoms with E-state index in [-0.39, 0.29) is 23.5 Å². The normalized spacial score (nSPS) is 10.9. The number of non-ortho nitro benzene ring substituents is 1. The monoisotopic (exact) mass is 640 g/mol. The highest BCUT2D eigenvalue weighted by molar-refractivity contribution is 9.11. The molecule has 4 aromatic rings. The summed E-state index contributed by atoms with van der Waals surface area (Å²) in [6, 6.07) is 15.6. The van der Waals surface area contributed by atoms with Crippen LogP contribution in [0.2, 0.25) is 0 Å². The fraction of sp³-hybridized carbons (Fsp3) is 0.120. The summed E-state index contributed by atoms with van der Waals surface area (Å²) in [5.74, 6) is 1.26. The minimum atomic E-state index is -0.461. The first-order valence-corrected chi connectivity index (χ1v) is 12.7. The van der Waals surface area contributed by atoms with E-state index in [1.165, 1.54) is 12.1 Å². The summed E-state index contributed by atoms with van der Waals surface area (Å²) in [5.41, 5.74) is 7.18. The Bertz CT molecular complexity index is 1510. The summed E-state index contributed by atoms with van der Waals surface area (Å²) < 4.78 is 7.07. The second kappa shape index (κ2) is 12.0. The Kier molecular flexibility index (Phi) is 8.48. The van der Waals surface area contributed by atoms with Crippen LogP contribution in [0.25, 0.3) is 0 Å². The van der Waals surface area contributed by atoms with E-state index < -0.39 is 4.92 Å². The molecule has 0 saturated carbocycles. The Hall–Kier alpha value is -4.10. The van der Waals surface area contributed by atoms with Gasteiger partial charge >= 0.3 is 0 Å². The number of ether oxygens (including phenoxy) is 1. The lowest BCUT2D eigenvalue weighted by Crippen LogP contribution is -2.07. The molecule has 11 nitrogen and oxygen atoms in total. The van der Waals surface area contributed by atoms with Gasteiger partial charge in [-0.25, -0.2) is 5.43 Å². The molecule has 0 aliphatic rings. The maximum atomic E-state index is 11.0. The molecule has 3 aromatic carbocycles. The van der Waals surface area contributed by atoms with E-state index in [0.29, 0.717) is 17.0 Å². The SMILES string of the molecule is COc1c(Br)cc(Br)cc1C=NNc1nc(Nc2ccc([N+](=O)[O-])cc2)nc(Nc2ccc(C)c(C)c2)n1. The maximum absolute atomic E-state index is 11.0. The number of rotatable bonds is 9. The van der Waals surface area contributed by atoms with Gasteiger partial charge in [-0.15, -0.1) is 0 Å². The van der Waals surface area contributed by atoms with E-state index in [1.807, 2.05) is 44.2 Å². The lowest BCUT2D eigenvalue weighted by molar-refractivity contribution is -0.384. The Balaban J connectivity index is 1.63. The molecule has 0 aliphatic carbocycles. The van der Waals surface area contributed by atoms with Crippen LogP contribution in [0.4, 0.5) is 34.9 Å². The molecule has 0 unspecified atom stereocenters.